The highest BCUT2D eigenvalue weighted by molar-refractivity contribution is 9.11. The summed E-state index contributed by atoms with van der Waals surface area (Å²) in [7, 11) is 0. The number of rotatable bonds is 1. The van der Waals surface area contributed by atoms with Crippen molar-refractivity contribution in [3.05, 3.63) is 70.4 Å². The molecule has 0 atom stereocenters. The van der Waals surface area contributed by atoms with Gasteiger partial charge in [-0.25, -0.2) is 9.38 Å². The number of halogens is 2. The third-order valence-electron chi connectivity index (χ3n) is 2.67. The van der Waals surface area contributed by atoms with Crippen LogP contribution in [0.25, 0.3) is 5.70 Å². The van der Waals surface area contributed by atoms with Crippen LogP contribution in [0, 0.1) is 10.6 Å². The van der Waals surface area contributed by atoms with Gasteiger partial charge in [-0.1, -0.05) is 40.2 Å². The number of hydrogen-bond acceptors (Lipinski definition) is 1. The van der Waals surface area contributed by atoms with E-state index in [-0.39, 0.29) is 5.82 Å². The summed E-state index contributed by atoms with van der Waals surface area (Å²) in [5.41, 5.74) is 3.11. The molecule has 0 spiro atoms. The van der Waals surface area contributed by atoms with Gasteiger partial charge in [0.15, 0.2) is 0 Å². The van der Waals surface area contributed by atoms with Crippen molar-refractivity contribution in [3.63, 3.8) is 0 Å². The summed E-state index contributed by atoms with van der Waals surface area (Å²) in [5.74, 6) is -0.241. The normalized spacial score (nSPS) is 18.6. The standard InChI is InChI=1S/C14H8BrFN/c15-10-5-6-13-9(7-10)8-14(17-13)11-3-1-2-4-12(11)16/h1-8H. The van der Waals surface area contributed by atoms with Gasteiger partial charge in [0, 0.05) is 11.1 Å². The topological polar surface area (TPSA) is 12.4 Å². The Labute approximate surface area is 107 Å². The Kier molecular flexibility index (Phi) is 2.56. The van der Waals surface area contributed by atoms with Gasteiger partial charge in [0.1, 0.15) is 5.82 Å². The van der Waals surface area contributed by atoms with E-state index in [2.05, 4.69) is 20.9 Å². The molecule has 1 nitrogen and oxygen atoms in total. The van der Waals surface area contributed by atoms with Crippen LogP contribution in [-0.2, 0) is 0 Å². The Morgan fingerprint density at radius 1 is 1.06 bits per heavy atom. The molecule has 83 valence electrons. The van der Waals surface area contributed by atoms with Crippen molar-refractivity contribution in [1.29, 1.82) is 0 Å². The van der Waals surface area contributed by atoms with Crippen LogP contribution in [0.2, 0.25) is 0 Å². The zero-order valence-corrected chi connectivity index (χ0v) is 10.4. The van der Waals surface area contributed by atoms with Gasteiger partial charge in [0.2, 0.25) is 0 Å². The Morgan fingerprint density at radius 2 is 1.88 bits per heavy atom. The molecule has 0 saturated heterocycles. The first kappa shape index (κ1) is 10.7. The highest BCUT2D eigenvalue weighted by Gasteiger charge is 2.19. The molecule has 0 amide bonds. The van der Waals surface area contributed by atoms with Gasteiger partial charge in [-0.2, -0.15) is 0 Å². The quantitative estimate of drug-likeness (QED) is 0.739. The van der Waals surface area contributed by atoms with Crippen LogP contribution < -0.4 is 0 Å². The molecular formula is C14H8BrFN. The molecule has 17 heavy (non-hydrogen) atoms. The summed E-state index contributed by atoms with van der Waals surface area (Å²) in [6, 6.07) is 6.68. The Hall–Kier alpha value is -1.48. The SMILES string of the molecule is Fc1ccccc1C1=CC2=C[C](Br)C=CC2=N1. The van der Waals surface area contributed by atoms with Gasteiger partial charge >= 0.3 is 0 Å². The molecule has 0 aromatic heterocycles. The first-order valence-corrected chi connectivity index (χ1v) is 6.01. The zero-order valence-electron chi connectivity index (χ0n) is 8.82. The van der Waals surface area contributed by atoms with Crippen LogP contribution in [0.15, 0.2) is 59.1 Å². The van der Waals surface area contributed by atoms with Crippen molar-refractivity contribution in [3.8, 4) is 0 Å². The van der Waals surface area contributed by atoms with Gasteiger partial charge in [-0.3, -0.25) is 0 Å². The summed E-state index contributed by atoms with van der Waals surface area (Å²) in [5, 5.41) is 0. The molecule has 1 aliphatic carbocycles. The summed E-state index contributed by atoms with van der Waals surface area (Å²) in [6.07, 6.45) is 7.73. The Morgan fingerprint density at radius 3 is 2.71 bits per heavy atom. The first-order valence-electron chi connectivity index (χ1n) is 5.22. The van der Waals surface area contributed by atoms with Crippen molar-refractivity contribution in [1.82, 2.24) is 0 Å². The van der Waals surface area contributed by atoms with E-state index in [0.717, 1.165) is 16.1 Å². The van der Waals surface area contributed by atoms with Gasteiger partial charge in [-0.15, -0.1) is 0 Å². The Bertz CT molecular complexity index is 596. The zero-order chi connectivity index (χ0) is 11.8. The molecule has 3 heteroatoms. The molecule has 1 aromatic rings. The number of hydrogen-bond donors (Lipinski definition) is 0. The van der Waals surface area contributed by atoms with Gasteiger partial charge in [0.05, 0.1) is 16.2 Å². The van der Waals surface area contributed by atoms with Crippen LogP contribution in [0.5, 0.6) is 0 Å². The second-order valence-electron chi connectivity index (χ2n) is 3.82. The lowest BCUT2D eigenvalue weighted by atomic mass is 10.0. The van der Waals surface area contributed by atoms with E-state index >= 15 is 0 Å². The molecule has 0 fully saturated rings. The number of aliphatic imine (C=N–C) groups is 1. The lowest BCUT2D eigenvalue weighted by molar-refractivity contribution is 0.624. The third-order valence-corrected chi connectivity index (χ3v) is 3.17. The number of allylic oxidation sites excluding steroid dienone is 5. The Balaban J connectivity index is 2.06. The van der Waals surface area contributed by atoms with Crippen molar-refractivity contribution in [2.75, 3.05) is 0 Å². The average Bonchev–Trinajstić information content (AvgIpc) is 2.72. The van der Waals surface area contributed by atoms with Crippen molar-refractivity contribution >= 4 is 27.3 Å². The van der Waals surface area contributed by atoms with Gasteiger partial charge < -0.3 is 0 Å². The fourth-order valence-electron chi connectivity index (χ4n) is 1.86. The van der Waals surface area contributed by atoms with Gasteiger partial charge in [0.25, 0.3) is 0 Å². The molecule has 2 aliphatic rings. The molecule has 1 aromatic carbocycles. The lowest BCUT2D eigenvalue weighted by Gasteiger charge is -2.05. The molecule has 1 aliphatic heterocycles. The largest absolute Gasteiger partial charge is 0.248 e. The van der Waals surface area contributed by atoms with Crippen molar-refractivity contribution in [2.45, 2.75) is 0 Å². The minimum Gasteiger partial charge on any atom is -0.248 e. The summed E-state index contributed by atoms with van der Waals surface area (Å²) in [4.78, 5) is 5.42. The molecule has 3 rings (SSSR count). The van der Waals surface area contributed by atoms with Crippen molar-refractivity contribution < 1.29 is 4.39 Å². The van der Waals surface area contributed by atoms with E-state index in [1.807, 2.05) is 30.4 Å². The molecule has 0 unspecified atom stereocenters. The molecule has 0 saturated carbocycles. The van der Waals surface area contributed by atoms with E-state index in [1.54, 1.807) is 12.1 Å². The minimum atomic E-state index is -0.241. The molecular weight excluding hydrogens is 281 g/mol. The summed E-state index contributed by atoms with van der Waals surface area (Å²) in [6.45, 7) is 0. The molecule has 0 N–H and O–H groups in total. The van der Waals surface area contributed by atoms with Crippen LogP contribution in [0.4, 0.5) is 4.39 Å². The monoisotopic (exact) mass is 288 g/mol. The highest BCUT2D eigenvalue weighted by atomic mass is 79.9. The summed E-state index contributed by atoms with van der Waals surface area (Å²) >= 11 is 3.41. The predicted octanol–water partition coefficient (Wildman–Crippen LogP) is 4.04. The maximum absolute atomic E-state index is 13.6. The van der Waals surface area contributed by atoms with Crippen LogP contribution >= 0.6 is 15.9 Å². The van der Waals surface area contributed by atoms with E-state index < -0.39 is 0 Å². The second-order valence-corrected chi connectivity index (χ2v) is 4.74. The van der Waals surface area contributed by atoms with E-state index in [4.69, 9.17) is 0 Å². The van der Waals surface area contributed by atoms with Gasteiger partial charge in [-0.05, 0) is 24.3 Å². The first-order chi connectivity index (χ1) is 8.24. The minimum absolute atomic E-state index is 0.241. The molecule has 1 radical (unpaired) electrons. The number of fused-ring (bicyclic) bond motifs is 1. The van der Waals surface area contributed by atoms with E-state index in [0.29, 0.717) is 11.3 Å². The number of nitrogens with zero attached hydrogens (tertiary/aromatic N) is 1. The van der Waals surface area contributed by atoms with Crippen molar-refractivity contribution in [2.24, 2.45) is 4.99 Å². The van der Waals surface area contributed by atoms with Crippen LogP contribution in [0.3, 0.4) is 0 Å². The molecule has 1 heterocycles. The number of benzene rings is 1. The highest BCUT2D eigenvalue weighted by Crippen LogP contribution is 2.32. The molecule has 0 bridgehead atoms. The fourth-order valence-corrected chi connectivity index (χ4v) is 2.24. The van der Waals surface area contributed by atoms with Crippen LogP contribution in [0.1, 0.15) is 5.56 Å². The fraction of sp³-hybridized carbons (Fsp3) is 0. The van der Waals surface area contributed by atoms with E-state index in [1.165, 1.54) is 6.07 Å². The maximum atomic E-state index is 13.6. The third kappa shape index (κ3) is 1.91. The average molecular weight is 289 g/mol. The van der Waals surface area contributed by atoms with E-state index in [9.17, 15) is 4.39 Å². The predicted molar refractivity (Wildman–Crippen MR) is 71.2 cm³/mol. The second kappa shape index (κ2) is 4.08. The smallest absolute Gasteiger partial charge is 0.132 e. The maximum Gasteiger partial charge on any atom is 0.132 e. The lowest BCUT2D eigenvalue weighted by Crippen LogP contribution is -1.98. The summed E-state index contributed by atoms with van der Waals surface area (Å²) < 4.78 is 13.6. The van der Waals surface area contributed by atoms with Crippen LogP contribution in [-0.4, -0.2) is 5.71 Å².